The van der Waals surface area contributed by atoms with Gasteiger partial charge in [-0.2, -0.15) is 0 Å². The number of carbonyl (C=O) groups is 2. The summed E-state index contributed by atoms with van der Waals surface area (Å²) in [4.78, 5) is 24.4. The van der Waals surface area contributed by atoms with Crippen LogP contribution in [-0.4, -0.2) is 30.7 Å². The molecule has 1 amide bonds. The number of amides is 1. The van der Waals surface area contributed by atoms with Gasteiger partial charge in [0.05, 0.1) is 0 Å². The quantitative estimate of drug-likeness (QED) is 0.672. The SMILES string of the molecule is CC(=O)C1CCC(C(=O)N(C)C)CC1. The van der Waals surface area contributed by atoms with Crippen LogP contribution in [0.5, 0.6) is 0 Å². The van der Waals surface area contributed by atoms with Gasteiger partial charge in [-0.15, -0.1) is 0 Å². The molecule has 0 aromatic carbocycles. The lowest BCUT2D eigenvalue weighted by atomic mass is 9.80. The molecule has 0 bridgehead atoms. The van der Waals surface area contributed by atoms with Crippen molar-refractivity contribution in [3.63, 3.8) is 0 Å². The fourth-order valence-electron chi connectivity index (χ4n) is 2.11. The van der Waals surface area contributed by atoms with Gasteiger partial charge in [0, 0.05) is 25.9 Å². The lowest BCUT2D eigenvalue weighted by Gasteiger charge is -2.27. The zero-order chi connectivity index (χ0) is 10.7. The maximum atomic E-state index is 11.6. The third-order valence-corrected chi connectivity index (χ3v) is 3.09. The Morgan fingerprint density at radius 2 is 1.43 bits per heavy atom. The third-order valence-electron chi connectivity index (χ3n) is 3.09. The van der Waals surface area contributed by atoms with Crippen molar-refractivity contribution in [1.29, 1.82) is 0 Å². The Morgan fingerprint density at radius 1 is 1.00 bits per heavy atom. The standard InChI is InChI=1S/C11H19NO2/c1-8(13)9-4-6-10(7-5-9)11(14)12(2)3/h9-10H,4-7H2,1-3H3. The molecule has 0 aromatic rings. The molecule has 0 spiro atoms. The molecule has 1 fully saturated rings. The summed E-state index contributed by atoms with van der Waals surface area (Å²) in [5.41, 5.74) is 0. The topological polar surface area (TPSA) is 37.4 Å². The number of carbonyl (C=O) groups excluding carboxylic acids is 2. The Labute approximate surface area is 85.5 Å². The zero-order valence-corrected chi connectivity index (χ0v) is 9.25. The molecule has 0 heterocycles. The molecule has 1 saturated carbocycles. The van der Waals surface area contributed by atoms with Gasteiger partial charge in [-0.1, -0.05) is 0 Å². The minimum absolute atomic E-state index is 0.153. The highest BCUT2D eigenvalue weighted by Crippen LogP contribution is 2.30. The van der Waals surface area contributed by atoms with Crippen LogP contribution in [0.3, 0.4) is 0 Å². The molecule has 1 rings (SSSR count). The number of rotatable bonds is 2. The highest BCUT2D eigenvalue weighted by molar-refractivity contribution is 5.80. The Bertz CT molecular complexity index is 227. The van der Waals surface area contributed by atoms with Crippen molar-refractivity contribution in [3.8, 4) is 0 Å². The van der Waals surface area contributed by atoms with Crippen LogP contribution in [0.15, 0.2) is 0 Å². The van der Waals surface area contributed by atoms with E-state index in [0.717, 1.165) is 25.7 Å². The van der Waals surface area contributed by atoms with E-state index >= 15 is 0 Å². The normalized spacial score (nSPS) is 27.1. The summed E-state index contributed by atoms with van der Waals surface area (Å²) in [6.07, 6.45) is 3.53. The molecular weight excluding hydrogens is 178 g/mol. The van der Waals surface area contributed by atoms with Crippen LogP contribution in [0.2, 0.25) is 0 Å². The van der Waals surface area contributed by atoms with Crippen LogP contribution in [0.4, 0.5) is 0 Å². The Hall–Kier alpha value is -0.860. The molecule has 0 atom stereocenters. The van der Waals surface area contributed by atoms with Crippen LogP contribution in [-0.2, 0) is 9.59 Å². The predicted octanol–water partition coefficient (Wildman–Crippen LogP) is 1.47. The molecule has 3 heteroatoms. The Balaban J connectivity index is 2.43. The van der Waals surface area contributed by atoms with E-state index in [-0.39, 0.29) is 23.5 Å². The minimum atomic E-state index is 0.153. The molecule has 0 N–H and O–H groups in total. The second-order valence-corrected chi connectivity index (χ2v) is 4.39. The molecule has 0 radical (unpaired) electrons. The molecule has 0 saturated heterocycles. The van der Waals surface area contributed by atoms with E-state index in [1.807, 2.05) is 0 Å². The Kier molecular flexibility index (Phi) is 3.67. The molecule has 1 aliphatic rings. The van der Waals surface area contributed by atoms with Crippen LogP contribution < -0.4 is 0 Å². The molecule has 0 aromatic heterocycles. The summed E-state index contributed by atoms with van der Waals surface area (Å²) in [5.74, 6) is 0.856. The first kappa shape index (κ1) is 11.2. The van der Waals surface area contributed by atoms with Crippen molar-refractivity contribution >= 4 is 11.7 Å². The fourth-order valence-corrected chi connectivity index (χ4v) is 2.11. The first-order valence-corrected chi connectivity index (χ1v) is 5.24. The number of hydrogen-bond acceptors (Lipinski definition) is 2. The van der Waals surface area contributed by atoms with E-state index in [1.165, 1.54) is 0 Å². The van der Waals surface area contributed by atoms with E-state index in [1.54, 1.807) is 25.9 Å². The molecule has 1 aliphatic carbocycles. The van der Waals surface area contributed by atoms with E-state index in [9.17, 15) is 9.59 Å². The summed E-state index contributed by atoms with van der Waals surface area (Å²) in [6.45, 7) is 1.65. The molecule has 80 valence electrons. The van der Waals surface area contributed by atoms with Crippen molar-refractivity contribution in [1.82, 2.24) is 4.90 Å². The van der Waals surface area contributed by atoms with E-state index in [0.29, 0.717) is 0 Å². The van der Waals surface area contributed by atoms with Crippen molar-refractivity contribution < 1.29 is 9.59 Å². The van der Waals surface area contributed by atoms with Gasteiger partial charge in [-0.25, -0.2) is 0 Å². The Morgan fingerprint density at radius 3 is 1.79 bits per heavy atom. The third kappa shape index (κ3) is 2.56. The van der Waals surface area contributed by atoms with Gasteiger partial charge in [-0.3, -0.25) is 9.59 Å². The lowest BCUT2D eigenvalue weighted by molar-refractivity contribution is -0.135. The van der Waals surface area contributed by atoms with Crippen LogP contribution >= 0.6 is 0 Å². The summed E-state index contributed by atoms with van der Waals surface area (Å²) in [7, 11) is 3.58. The van der Waals surface area contributed by atoms with E-state index < -0.39 is 0 Å². The van der Waals surface area contributed by atoms with E-state index in [4.69, 9.17) is 0 Å². The lowest BCUT2D eigenvalue weighted by Crippen LogP contribution is -2.33. The number of Topliss-reactive ketones (excluding diaryl/α,β-unsaturated/α-hetero) is 1. The second kappa shape index (κ2) is 4.58. The predicted molar refractivity (Wildman–Crippen MR) is 54.8 cm³/mol. The smallest absolute Gasteiger partial charge is 0.225 e. The number of hydrogen-bond donors (Lipinski definition) is 0. The first-order valence-electron chi connectivity index (χ1n) is 5.24. The number of nitrogens with zero attached hydrogens (tertiary/aromatic N) is 1. The van der Waals surface area contributed by atoms with Gasteiger partial charge >= 0.3 is 0 Å². The highest BCUT2D eigenvalue weighted by atomic mass is 16.2. The van der Waals surface area contributed by atoms with Crippen LogP contribution in [0, 0.1) is 11.8 Å². The van der Waals surface area contributed by atoms with Gasteiger partial charge < -0.3 is 4.90 Å². The monoisotopic (exact) mass is 197 g/mol. The zero-order valence-electron chi connectivity index (χ0n) is 9.25. The largest absolute Gasteiger partial charge is 0.349 e. The average molecular weight is 197 g/mol. The maximum Gasteiger partial charge on any atom is 0.225 e. The van der Waals surface area contributed by atoms with Crippen molar-refractivity contribution in [3.05, 3.63) is 0 Å². The average Bonchev–Trinajstić information content (AvgIpc) is 2.16. The first-order chi connectivity index (χ1) is 6.52. The molecule has 0 aliphatic heterocycles. The summed E-state index contributed by atoms with van der Waals surface area (Å²) in [6, 6.07) is 0. The summed E-state index contributed by atoms with van der Waals surface area (Å²) in [5, 5.41) is 0. The van der Waals surface area contributed by atoms with Gasteiger partial charge in [0.1, 0.15) is 5.78 Å². The highest BCUT2D eigenvalue weighted by Gasteiger charge is 2.28. The summed E-state index contributed by atoms with van der Waals surface area (Å²) < 4.78 is 0. The molecular formula is C11H19NO2. The maximum absolute atomic E-state index is 11.6. The minimum Gasteiger partial charge on any atom is -0.349 e. The van der Waals surface area contributed by atoms with Crippen LogP contribution in [0.25, 0.3) is 0 Å². The molecule has 3 nitrogen and oxygen atoms in total. The van der Waals surface area contributed by atoms with Gasteiger partial charge in [0.15, 0.2) is 0 Å². The number of ketones is 1. The van der Waals surface area contributed by atoms with Gasteiger partial charge in [0.25, 0.3) is 0 Å². The van der Waals surface area contributed by atoms with Crippen molar-refractivity contribution in [2.45, 2.75) is 32.6 Å². The second-order valence-electron chi connectivity index (χ2n) is 4.39. The summed E-state index contributed by atoms with van der Waals surface area (Å²) >= 11 is 0. The van der Waals surface area contributed by atoms with Gasteiger partial charge in [0.2, 0.25) is 5.91 Å². The van der Waals surface area contributed by atoms with Crippen molar-refractivity contribution in [2.75, 3.05) is 14.1 Å². The molecule has 0 unspecified atom stereocenters. The molecule has 14 heavy (non-hydrogen) atoms. The van der Waals surface area contributed by atoms with Crippen molar-refractivity contribution in [2.24, 2.45) is 11.8 Å². The fraction of sp³-hybridized carbons (Fsp3) is 0.818. The van der Waals surface area contributed by atoms with Crippen LogP contribution in [0.1, 0.15) is 32.6 Å². The van der Waals surface area contributed by atoms with Gasteiger partial charge in [-0.05, 0) is 32.6 Å². The van der Waals surface area contributed by atoms with E-state index in [2.05, 4.69) is 0 Å².